The smallest absolute Gasteiger partial charge is 0.339 e. The average molecular weight is 418 g/mol. The fourth-order valence-corrected chi connectivity index (χ4v) is 3.23. The Balaban J connectivity index is 1.77. The molecular weight excluding hydrogens is 404 g/mol. The quantitative estimate of drug-likeness (QED) is 0.274. The molecular formula is C21H14N4O6. The first kappa shape index (κ1) is 19.7. The molecule has 1 heterocycles. The molecule has 0 saturated heterocycles. The van der Waals surface area contributed by atoms with E-state index in [1.165, 1.54) is 6.07 Å². The predicted octanol–water partition coefficient (Wildman–Crippen LogP) is 4.23. The molecule has 1 aliphatic heterocycles. The van der Waals surface area contributed by atoms with E-state index in [4.69, 9.17) is 4.74 Å². The molecule has 1 unspecified atom stereocenters. The monoisotopic (exact) mass is 418 g/mol. The minimum absolute atomic E-state index is 0.0401. The number of rotatable bonds is 6. The van der Waals surface area contributed by atoms with Crippen molar-refractivity contribution in [2.75, 3.05) is 5.43 Å². The Morgan fingerprint density at radius 1 is 0.935 bits per heavy atom. The molecule has 10 nitrogen and oxygen atoms in total. The molecule has 0 amide bonds. The zero-order valence-electron chi connectivity index (χ0n) is 15.8. The van der Waals surface area contributed by atoms with Crippen LogP contribution in [0.15, 0.2) is 77.9 Å². The first-order valence-corrected chi connectivity index (χ1v) is 9.07. The maximum absolute atomic E-state index is 12.3. The number of benzene rings is 3. The minimum atomic E-state index is -0.823. The lowest BCUT2D eigenvalue weighted by Gasteiger charge is -2.15. The number of nitro groups is 2. The van der Waals surface area contributed by atoms with Crippen LogP contribution in [0, 0.1) is 20.2 Å². The molecule has 0 saturated carbocycles. The van der Waals surface area contributed by atoms with Crippen LogP contribution in [0.25, 0.3) is 0 Å². The van der Waals surface area contributed by atoms with E-state index >= 15 is 0 Å². The van der Waals surface area contributed by atoms with Crippen LogP contribution < -0.4 is 5.43 Å². The highest BCUT2D eigenvalue weighted by Gasteiger charge is 2.35. The number of esters is 1. The van der Waals surface area contributed by atoms with Gasteiger partial charge in [0.05, 0.1) is 21.5 Å². The number of nitrogens with zero attached hydrogens (tertiary/aromatic N) is 3. The SMILES string of the molecule is O=C1OC(C(=NNc2ccc([N+](=O)[O-])cc2[N+](=O)[O-])c2ccccc2)c2ccccc21. The van der Waals surface area contributed by atoms with Crippen molar-refractivity contribution in [3.05, 3.63) is 110 Å². The van der Waals surface area contributed by atoms with Gasteiger partial charge in [-0.1, -0.05) is 48.5 Å². The number of fused-ring (bicyclic) bond motifs is 1. The molecule has 0 spiro atoms. The second-order valence-corrected chi connectivity index (χ2v) is 6.56. The summed E-state index contributed by atoms with van der Waals surface area (Å²) < 4.78 is 5.53. The van der Waals surface area contributed by atoms with Crippen LogP contribution in [-0.4, -0.2) is 21.5 Å². The molecule has 3 aromatic carbocycles. The normalized spacial score (nSPS) is 15.2. The topological polar surface area (TPSA) is 137 Å². The van der Waals surface area contributed by atoms with Gasteiger partial charge in [0, 0.05) is 17.2 Å². The van der Waals surface area contributed by atoms with Gasteiger partial charge in [-0.2, -0.15) is 5.10 Å². The van der Waals surface area contributed by atoms with Crippen LogP contribution in [0.5, 0.6) is 0 Å². The van der Waals surface area contributed by atoms with E-state index < -0.39 is 33.3 Å². The molecule has 1 aliphatic rings. The van der Waals surface area contributed by atoms with Crippen LogP contribution in [0.4, 0.5) is 17.1 Å². The Bertz CT molecular complexity index is 1230. The molecule has 1 N–H and O–H groups in total. The van der Waals surface area contributed by atoms with E-state index in [9.17, 15) is 25.0 Å². The van der Waals surface area contributed by atoms with E-state index in [0.29, 0.717) is 22.4 Å². The zero-order valence-corrected chi connectivity index (χ0v) is 15.8. The fourth-order valence-electron chi connectivity index (χ4n) is 3.23. The van der Waals surface area contributed by atoms with E-state index in [1.807, 2.05) is 6.07 Å². The summed E-state index contributed by atoms with van der Waals surface area (Å²) >= 11 is 0. The number of nitrogens with one attached hydrogen (secondary N) is 1. The lowest BCUT2D eigenvalue weighted by molar-refractivity contribution is -0.393. The van der Waals surface area contributed by atoms with Gasteiger partial charge in [0.2, 0.25) is 0 Å². The molecule has 31 heavy (non-hydrogen) atoms. The summed E-state index contributed by atoms with van der Waals surface area (Å²) in [6.45, 7) is 0. The lowest BCUT2D eigenvalue weighted by Crippen LogP contribution is -2.16. The number of carbonyl (C=O) groups is 1. The maximum Gasteiger partial charge on any atom is 0.339 e. The zero-order chi connectivity index (χ0) is 22.0. The first-order chi connectivity index (χ1) is 15.0. The third-order valence-electron chi connectivity index (χ3n) is 4.69. The number of anilines is 1. The van der Waals surface area contributed by atoms with Crippen LogP contribution in [0.2, 0.25) is 0 Å². The summed E-state index contributed by atoms with van der Waals surface area (Å²) in [4.78, 5) is 33.2. The number of cyclic esters (lactones) is 1. The van der Waals surface area contributed by atoms with Gasteiger partial charge in [-0.05, 0) is 12.1 Å². The highest BCUT2D eigenvalue weighted by atomic mass is 16.6. The molecule has 3 aromatic rings. The molecule has 154 valence electrons. The number of hydrazone groups is 1. The summed E-state index contributed by atoms with van der Waals surface area (Å²) in [7, 11) is 0. The van der Waals surface area contributed by atoms with Gasteiger partial charge < -0.3 is 4.74 Å². The third-order valence-corrected chi connectivity index (χ3v) is 4.69. The number of non-ortho nitro benzene ring substituents is 1. The van der Waals surface area contributed by atoms with Crippen LogP contribution in [-0.2, 0) is 4.74 Å². The number of nitro benzene ring substituents is 2. The summed E-state index contributed by atoms with van der Waals surface area (Å²) in [5.74, 6) is -0.495. The van der Waals surface area contributed by atoms with Crippen molar-refractivity contribution < 1.29 is 19.4 Å². The predicted molar refractivity (Wildman–Crippen MR) is 111 cm³/mol. The lowest BCUT2D eigenvalue weighted by atomic mass is 9.97. The minimum Gasteiger partial charge on any atom is -0.447 e. The second kappa shape index (κ2) is 8.03. The summed E-state index contributed by atoms with van der Waals surface area (Å²) in [5, 5.41) is 26.7. The molecule has 0 aromatic heterocycles. The van der Waals surface area contributed by atoms with Crippen LogP contribution in [0.3, 0.4) is 0 Å². The summed E-state index contributed by atoms with van der Waals surface area (Å²) in [6.07, 6.45) is -0.823. The van der Waals surface area contributed by atoms with Crippen molar-refractivity contribution in [2.45, 2.75) is 6.10 Å². The van der Waals surface area contributed by atoms with Crippen LogP contribution in [0.1, 0.15) is 27.6 Å². The number of ether oxygens (including phenoxy) is 1. The number of hydrogen-bond donors (Lipinski definition) is 1. The largest absolute Gasteiger partial charge is 0.447 e. The Morgan fingerprint density at radius 2 is 1.65 bits per heavy atom. The first-order valence-electron chi connectivity index (χ1n) is 9.07. The van der Waals surface area contributed by atoms with Gasteiger partial charge in [0.25, 0.3) is 5.69 Å². The van der Waals surface area contributed by atoms with Crippen LogP contribution >= 0.6 is 0 Å². The van der Waals surface area contributed by atoms with Gasteiger partial charge in [-0.15, -0.1) is 0 Å². The Labute approximate surface area is 175 Å². The van der Waals surface area contributed by atoms with Gasteiger partial charge >= 0.3 is 11.7 Å². The van der Waals surface area contributed by atoms with Crippen molar-refractivity contribution in [3.63, 3.8) is 0 Å². The van der Waals surface area contributed by atoms with Gasteiger partial charge in [-0.3, -0.25) is 25.7 Å². The van der Waals surface area contributed by atoms with E-state index in [-0.39, 0.29) is 5.69 Å². The van der Waals surface area contributed by atoms with Gasteiger partial charge in [-0.25, -0.2) is 4.79 Å². The molecule has 0 aliphatic carbocycles. The second-order valence-electron chi connectivity index (χ2n) is 6.56. The summed E-state index contributed by atoms with van der Waals surface area (Å²) in [6, 6.07) is 19.0. The standard InChI is InChI=1S/C21H14N4O6/c26-21-16-9-5-4-8-15(16)20(31-21)19(13-6-2-1-3-7-13)23-22-17-11-10-14(24(27)28)12-18(17)25(29)30/h1-12,20,22H. The van der Waals surface area contributed by atoms with E-state index in [2.05, 4.69) is 10.5 Å². The van der Waals surface area contributed by atoms with Crippen molar-refractivity contribution >= 4 is 28.7 Å². The van der Waals surface area contributed by atoms with E-state index in [0.717, 1.165) is 12.1 Å². The van der Waals surface area contributed by atoms with Crippen molar-refractivity contribution in [1.29, 1.82) is 0 Å². The molecule has 0 radical (unpaired) electrons. The molecule has 0 bridgehead atoms. The fraction of sp³-hybridized carbons (Fsp3) is 0.0476. The van der Waals surface area contributed by atoms with Gasteiger partial charge in [0.1, 0.15) is 11.4 Å². The molecule has 0 fully saturated rings. The average Bonchev–Trinajstić information content (AvgIpc) is 3.11. The highest BCUT2D eigenvalue weighted by molar-refractivity contribution is 6.09. The molecule has 1 atom stereocenters. The number of carbonyl (C=O) groups excluding carboxylic acids is 1. The summed E-state index contributed by atoms with van der Waals surface area (Å²) in [5.41, 5.74) is 3.65. The third kappa shape index (κ3) is 3.81. The van der Waals surface area contributed by atoms with Crippen molar-refractivity contribution in [2.24, 2.45) is 5.10 Å². The maximum atomic E-state index is 12.3. The van der Waals surface area contributed by atoms with Gasteiger partial charge in [0.15, 0.2) is 6.10 Å². The molecule has 4 rings (SSSR count). The number of hydrogen-bond acceptors (Lipinski definition) is 8. The highest BCUT2D eigenvalue weighted by Crippen LogP contribution is 2.34. The van der Waals surface area contributed by atoms with E-state index in [1.54, 1.807) is 48.5 Å². The Morgan fingerprint density at radius 3 is 2.35 bits per heavy atom. The Hall–Kier alpha value is -4.60. The Kier molecular flexibility index (Phi) is 5.10. The van der Waals surface area contributed by atoms with Crippen molar-refractivity contribution in [3.8, 4) is 0 Å². The molecule has 10 heteroatoms. The van der Waals surface area contributed by atoms with Crippen molar-refractivity contribution in [1.82, 2.24) is 0 Å².